The molecule has 0 saturated heterocycles. The maximum absolute atomic E-state index is 12.4. The third-order valence-electron chi connectivity index (χ3n) is 4.15. The molecule has 10 heteroatoms. The van der Waals surface area contributed by atoms with Crippen molar-refractivity contribution in [1.29, 1.82) is 0 Å². The summed E-state index contributed by atoms with van der Waals surface area (Å²) in [7, 11) is 0. The molecule has 2 aromatic carbocycles. The number of ketones is 1. The van der Waals surface area contributed by atoms with Crippen LogP contribution in [0.15, 0.2) is 52.1 Å². The largest absolute Gasteiger partial charge is 0.324 e. The van der Waals surface area contributed by atoms with E-state index in [9.17, 15) is 9.59 Å². The van der Waals surface area contributed by atoms with Crippen LogP contribution in [0, 0.1) is 0 Å². The minimum Gasteiger partial charge on any atom is -0.324 e. The molecule has 0 atom stereocenters. The lowest BCUT2D eigenvalue weighted by molar-refractivity contribution is -0.115. The molecule has 1 heterocycles. The van der Waals surface area contributed by atoms with Crippen molar-refractivity contribution in [2.75, 3.05) is 11.1 Å². The SMILES string of the molecule is CCn1c(CC(=O)Nc2cccc(Cl)c2Cl)nnc1SCC(=O)c1ccc(Br)cc1. The van der Waals surface area contributed by atoms with Gasteiger partial charge in [-0.05, 0) is 31.2 Å². The predicted molar refractivity (Wildman–Crippen MR) is 124 cm³/mol. The van der Waals surface area contributed by atoms with Gasteiger partial charge in [-0.1, -0.05) is 69.1 Å². The average molecular weight is 528 g/mol. The molecule has 30 heavy (non-hydrogen) atoms. The van der Waals surface area contributed by atoms with E-state index in [4.69, 9.17) is 23.2 Å². The predicted octanol–water partition coefficient (Wildman–Crippen LogP) is 5.52. The van der Waals surface area contributed by atoms with E-state index < -0.39 is 0 Å². The van der Waals surface area contributed by atoms with Crippen molar-refractivity contribution in [2.45, 2.75) is 25.0 Å². The van der Waals surface area contributed by atoms with Gasteiger partial charge in [-0.15, -0.1) is 10.2 Å². The second-order valence-electron chi connectivity index (χ2n) is 6.19. The fraction of sp³-hybridized carbons (Fsp3) is 0.200. The molecule has 1 aromatic heterocycles. The smallest absolute Gasteiger partial charge is 0.232 e. The summed E-state index contributed by atoms with van der Waals surface area (Å²) in [6.07, 6.45) is 0.0188. The van der Waals surface area contributed by atoms with E-state index in [0.29, 0.717) is 33.8 Å². The number of carbonyl (C=O) groups excluding carboxylic acids is 2. The lowest BCUT2D eigenvalue weighted by Gasteiger charge is -2.09. The minimum atomic E-state index is -0.288. The summed E-state index contributed by atoms with van der Waals surface area (Å²) in [5.74, 6) is 0.438. The van der Waals surface area contributed by atoms with Crippen molar-refractivity contribution in [1.82, 2.24) is 14.8 Å². The molecule has 0 radical (unpaired) electrons. The fourth-order valence-electron chi connectivity index (χ4n) is 2.66. The molecule has 0 fully saturated rings. The number of rotatable bonds is 8. The Labute approximate surface area is 196 Å². The number of benzene rings is 2. The van der Waals surface area contributed by atoms with Crippen molar-refractivity contribution in [2.24, 2.45) is 0 Å². The number of Topliss-reactive ketones (excluding diaryl/α,β-unsaturated/α-hetero) is 1. The van der Waals surface area contributed by atoms with Crippen LogP contribution >= 0.6 is 50.9 Å². The molecule has 0 aliphatic heterocycles. The van der Waals surface area contributed by atoms with Gasteiger partial charge >= 0.3 is 0 Å². The lowest BCUT2D eigenvalue weighted by Crippen LogP contribution is -2.18. The topological polar surface area (TPSA) is 76.9 Å². The van der Waals surface area contributed by atoms with E-state index in [0.717, 1.165) is 4.47 Å². The van der Waals surface area contributed by atoms with Crippen LogP contribution in [0.4, 0.5) is 5.69 Å². The van der Waals surface area contributed by atoms with Crippen LogP contribution in [0.5, 0.6) is 0 Å². The highest BCUT2D eigenvalue weighted by Crippen LogP contribution is 2.29. The van der Waals surface area contributed by atoms with E-state index in [1.807, 2.05) is 23.6 Å². The molecule has 3 rings (SSSR count). The van der Waals surface area contributed by atoms with Crippen LogP contribution in [0.25, 0.3) is 0 Å². The fourth-order valence-corrected chi connectivity index (χ4v) is 4.19. The van der Waals surface area contributed by atoms with E-state index in [1.165, 1.54) is 11.8 Å². The number of aromatic nitrogens is 3. The third-order valence-corrected chi connectivity index (χ3v) is 6.47. The Bertz CT molecular complexity index is 1070. The summed E-state index contributed by atoms with van der Waals surface area (Å²) in [6.45, 7) is 2.50. The summed E-state index contributed by atoms with van der Waals surface area (Å²) in [4.78, 5) is 24.8. The summed E-state index contributed by atoms with van der Waals surface area (Å²) in [5, 5.41) is 12.2. The molecule has 1 amide bonds. The number of hydrogen-bond acceptors (Lipinski definition) is 5. The zero-order valence-electron chi connectivity index (χ0n) is 15.9. The summed E-state index contributed by atoms with van der Waals surface area (Å²) in [5.41, 5.74) is 1.07. The number of carbonyl (C=O) groups is 2. The van der Waals surface area contributed by atoms with E-state index in [-0.39, 0.29) is 28.9 Å². The first-order valence-corrected chi connectivity index (χ1v) is 11.5. The Hall–Kier alpha value is -1.87. The Morgan fingerprint density at radius 3 is 2.57 bits per heavy atom. The summed E-state index contributed by atoms with van der Waals surface area (Å²) < 4.78 is 2.73. The molecule has 0 spiro atoms. The normalized spacial score (nSPS) is 10.8. The van der Waals surface area contributed by atoms with Crippen molar-refractivity contribution < 1.29 is 9.59 Å². The van der Waals surface area contributed by atoms with Crippen LogP contribution in [0.1, 0.15) is 23.1 Å². The molecule has 6 nitrogen and oxygen atoms in total. The van der Waals surface area contributed by atoms with Gasteiger partial charge in [0.1, 0.15) is 5.82 Å². The number of halogens is 3. The Morgan fingerprint density at radius 1 is 1.13 bits per heavy atom. The Kier molecular flexibility index (Phi) is 7.93. The molecule has 1 N–H and O–H groups in total. The maximum atomic E-state index is 12.4. The van der Waals surface area contributed by atoms with Crippen LogP contribution in [0.3, 0.4) is 0 Å². The molecule has 156 valence electrons. The molecule has 0 unspecified atom stereocenters. The van der Waals surface area contributed by atoms with Crippen LogP contribution < -0.4 is 5.32 Å². The zero-order valence-corrected chi connectivity index (χ0v) is 19.8. The third kappa shape index (κ3) is 5.63. The number of hydrogen-bond donors (Lipinski definition) is 1. The maximum Gasteiger partial charge on any atom is 0.232 e. The molecular formula is C20H17BrCl2N4O2S. The molecule has 0 saturated carbocycles. The van der Waals surface area contributed by atoms with Crippen LogP contribution in [-0.2, 0) is 17.8 Å². The lowest BCUT2D eigenvalue weighted by atomic mass is 10.2. The van der Waals surface area contributed by atoms with Gasteiger partial charge in [-0.25, -0.2) is 0 Å². The molecule has 0 aliphatic carbocycles. The highest BCUT2D eigenvalue weighted by atomic mass is 79.9. The highest BCUT2D eigenvalue weighted by Gasteiger charge is 2.17. The first kappa shape index (κ1) is 22.8. The molecular weight excluding hydrogens is 511 g/mol. The average Bonchev–Trinajstić information content (AvgIpc) is 3.11. The molecule has 0 bridgehead atoms. The van der Waals surface area contributed by atoms with Gasteiger partial charge in [0.25, 0.3) is 0 Å². The van der Waals surface area contributed by atoms with Gasteiger partial charge in [-0.2, -0.15) is 0 Å². The van der Waals surface area contributed by atoms with Gasteiger partial charge in [0.15, 0.2) is 10.9 Å². The first-order chi connectivity index (χ1) is 14.4. The van der Waals surface area contributed by atoms with Crippen molar-refractivity contribution in [3.05, 3.63) is 68.4 Å². The second kappa shape index (κ2) is 10.4. The van der Waals surface area contributed by atoms with Gasteiger partial charge in [0.2, 0.25) is 5.91 Å². The van der Waals surface area contributed by atoms with E-state index in [2.05, 4.69) is 31.4 Å². The molecule has 3 aromatic rings. The van der Waals surface area contributed by atoms with E-state index >= 15 is 0 Å². The minimum absolute atomic E-state index is 0.00644. The standard InChI is InChI=1S/C20H17BrCl2N4O2S/c1-2-27-17(10-18(29)24-15-5-3-4-14(22)19(15)23)25-26-20(27)30-11-16(28)12-6-8-13(21)9-7-12/h3-9H,2,10-11H2,1H3,(H,24,29). The highest BCUT2D eigenvalue weighted by molar-refractivity contribution is 9.10. The number of thioether (sulfide) groups is 1. The Morgan fingerprint density at radius 2 is 1.87 bits per heavy atom. The van der Waals surface area contributed by atoms with Gasteiger partial charge in [0.05, 0.1) is 27.9 Å². The number of nitrogens with one attached hydrogen (secondary N) is 1. The van der Waals surface area contributed by atoms with Gasteiger partial charge in [-0.3, -0.25) is 9.59 Å². The van der Waals surface area contributed by atoms with E-state index in [1.54, 1.807) is 30.3 Å². The van der Waals surface area contributed by atoms with Crippen molar-refractivity contribution >= 4 is 68.3 Å². The quantitative estimate of drug-likeness (QED) is 0.308. The Balaban J connectivity index is 1.64. The van der Waals surface area contributed by atoms with Crippen molar-refractivity contribution in [3.63, 3.8) is 0 Å². The van der Waals surface area contributed by atoms with Crippen LogP contribution in [0.2, 0.25) is 10.0 Å². The summed E-state index contributed by atoms with van der Waals surface area (Å²) >= 11 is 16.7. The zero-order chi connectivity index (χ0) is 21.7. The number of nitrogens with zero attached hydrogens (tertiary/aromatic N) is 3. The van der Waals surface area contributed by atoms with Gasteiger partial charge in [0, 0.05) is 16.6 Å². The van der Waals surface area contributed by atoms with Crippen LogP contribution in [-0.4, -0.2) is 32.2 Å². The number of amides is 1. The second-order valence-corrected chi connectivity index (χ2v) is 8.83. The van der Waals surface area contributed by atoms with Crippen molar-refractivity contribution in [3.8, 4) is 0 Å². The monoisotopic (exact) mass is 526 g/mol. The first-order valence-electron chi connectivity index (χ1n) is 8.96. The molecule has 0 aliphatic rings. The number of anilines is 1. The van der Waals surface area contributed by atoms with Gasteiger partial charge < -0.3 is 9.88 Å². The summed E-state index contributed by atoms with van der Waals surface area (Å²) in [6, 6.07) is 12.2.